The second-order valence-corrected chi connectivity index (χ2v) is 9.80. The van der Waals surface area contributed by atoms with Crippen molar-refractivity contribution >= 4 is 44.8 Å². The summed E-state index contributed by atoms with van der Waals surface area (Å²) in [6.45, 7) is 0.113. The molecule has 0 aliphatic heterocycles. The van der Waals surface area contributed by atoms with Gasteiger partial charge in [-0.25, -0.2) is 0 Å². The van der Waals surface area contributed by atoms with Gasteiger partial charge in [-0.1, -0.05) is 46.3 Å². The van der Waals surface area contributed by atoms with Gasteiger partial charge in [-0.3, -0.25) is 14.2 Å². The van der Waals surface area contributed by atoms with E-state index < -0.39 is 5.91 Å². The minimum atomic E-state index is -0.605. The summed E-state index contributed by atoms with van der Waals surface area (Å²) in [4.78, 5) is 26.5. The lowest BCUT2D eigenvalue weighted by Gasteiger charge is -2.04. The average molecular weight is 572 g/mol. The number of carbonyl (C=O) groups excluding carboxylic acids is 1. The lowest BCUT2D eigenvalue weighted by molar-refractivity contribution is -0.115. The number of halogens is 1. The Kier molecular flexibility index (Phi) is 7.03. The number of nitriles is 1. The van der Waals surface area contributed by atoms with E-state index in [1.54, 1.807) is 48.5 Å². The van der Waals surface area contributed by atoms with Crippen molar-refractivity contribution in [3.8, 4) is 23.1 Å². The molecule has 182 valence electrons. The van der Waals surface area contributed by atoms with Crippen LogP contribution in [0.4, 0.5) is 0 Å². The molecule has 0 aliphatic rings. The van der Waals surface area contributed by atoms with Gasteiger partial charge in [0.1, 0.15) is 28.0 Å². The maximum Gasteiger partial charge on any atom is 0.273 e. The van der Waals surface area contributed by atoms with Crippen LogP contribution in [-0.4, -0.2) is 10.5 Å². The maximum absolute atomic E-state index is 13.5. The van der Waals surface area contributed by atoms with Crippen LogP contribution in [0.15, 0.2) is 103 Å². The summed E-state index contributed by atoms with van der Waals surface area (Å²) in [6.07, 6.45) is 3.12. The molecule has 0 radical (unpaired) electrons. The fraction of sp³-hybridized carbons (Fsp3) is 0.0357. The highest BCUT2D eigenvalue weighted by Crippen LogP contribution is 2.24. The van der Waals surface area contributed by atoms with Crippen LogP contribution < -0.4 is 20.1 Å². The van der Waals surface area contributed by atoms with Crippen LogP contribution in [-0.2, 0) is 11.3 Å². The normalized spacial score (nSPS) is 12.3. The van der Waals surface area contributed by atoms with E-state index in [-0.39, 0.29) is 22.3 Å². The molecule has 9 heteroatoms. The van der Waals surface area contributed by atoms with Gasteiger partial charge in [0.15, 0.2) is 5.57 Å². The second kappa shape index (κ2) is 10.7. The predicted octanol–water partition coefficient (Wildman–Crippen LogP) is 4.33. The highest BCUT2D eigenvalue weighted by atomic mass is 79.9. The molecule has 3 heterocycles. The van der Waals surface area contributed by atoms with Crippen molar-refractivity contribution < 1.29 is 13.6 Å². The highest BCUT2D eigenvalue weighted by molar-refractivity contribution is 9.10. The first-order chi connectivity index (χ1) is 18.0. The Bertz CT molecular complexity index is 1770. The minimum Gasteiger partial charge on any atom is -0.467 e. The third-order valence-corrected chi connectivity index (χ3v) is 7.04. The van der Waals surface area contributed by atoms with Crippen LogP contribution in [0.3, 0.4) is 0 Å². The number of nitrogens with zero attached hydrogens (tertiary/aromatic N) is 2. The first kappa shape index (κ1) is 24.3. The van der Waals surface area contributed by atoms with Crippen molar-refractivity contribution in [3.63, 3.8) is 0 Å². The Morgan fingerprint density at radius 3 is 2.54 bits per heavy atom. The number of thiazole rings is 1. The fourth-order valence-corrected chi connectivity index (χ4v) is 5.00. The van der Waals surface area contributed by atoms with Crippen LogP contribution >= 0.6 is 27.3 Å². The van der Waals surface area contributed by atoms with Crippen molar-refractivity contribution in [3.05, 3.63) is 121 Å². The number of hydrogen-bond acceptors (Lipinski definition) is 6. The number of rotatable bonds is 6. The average Bonchev–Trinajstić information content (AvgIpc) is 3.66. The molecule has 1 N–H and O–H groups in total. The molecule has 0 spiro atoms. The topological polar surface area (TPSA) is 101 Å². The summed E-state index contributed by atoms with van der Waals surface area (Å²) in [7, 11) is 0. The molecule has 37 heavy (non-hydrogen) atoms. The second-order valence-electron chi connectivity index (χ2n) is 7.85. The van der Waals surface area contributed by atoms with Gasteiger partial charge in [-0.05, 0) is 48.5 Å². The number of aromatic nitrogens is 1. The molecule has 1 amide bonds. The Labute approximate surface area is 223 Å². The van der Waals surface area contributed by atoms with Gasteiger partial charge in [0.2, 0.25) is 0 Å². The summed E-state index contributed by atoms with van der Waals surface area (Å²) < 4.78 is 14.1. The zero-order valence-electron chi connectivity index (χ0n) is 19.2. The van der Waals surface area contributed by atoms with Gasteiger partial charge in [0.05, 0.1) is 23.0 Å². The molecule has 0 saturated heterocycles. The van der Waals surface area contributed by atoms with E-state index in [0.29, 0.717) is 27.5 Å². The van der Waals surface area contributed by atoms with Crippen molar-refractivity contribution in [2.45, 2.75) is 6.54 Å². The summed E-state index contributed by atoms with van der Waals surface area (Å²) in [6, 6.07) is 25.6. The van der Waals surface area contributed by atoms with Crippen LogP contribution in [0, 0.1) is 11.3 Å². The molecule has 5 rings (SSSR count). The van der Waals surface area contributed by atoms with Crippen LogP contribution in [0.25, 0.3) is 28.7 Å². The molecular formula is C28H18BrN3O4S. The Balaban J connectivity index is 1.61. The van der Waals surface area contributed by atoms with Gasteiger partial charge >= 0.3 is 0 Å². The largest absolute Gasteiger partial charge is 0.467 e. The standard InChI is InChI=1S/C28H18BrN3O4S/c29-19-10-8-18(9-11-19)24-13-12-21(36-24)15-25-27(34)32(20-5-2-1-3-6-20)28(37-25)23(16-30)26(33)31-17-22-7-4-14-35-22/h1-15H,17H2,(H,31,33). The van der Waals surface area contributed by atoms with Gasteiger partial charge in [0.25, 0.3) is 11.5 Å². The number of furan rings is 2. The first-order valence-electron chi connectivity index (χ1n) is 11.1. The molecule has 0 saturated carbocycles. The number of benzene rings is 2. The SMILES string of the molecule is N#CC(C(=O)NCc1ccco1)=c1sc(=Cc2ccc(-c3ccc(Br)cc3)o2)c(=O)n1-c1ccccc1. The van der Waals surface area contributed by atoms with E-state index >= 15 is 0 Å². The molecular weight excluding hydrogens is 554 g/mol. The van der Waals surface area contributed by atoms with E-state index in [4.69, 9.17) is 8.83 Å². The molecule has 0 atom stereocenters. The lowest BCUT2D eigenvalue weighted by atomic mass is 10.2. The zero-order valence-corrected chi connectivity index (χ0v) is 21.6. The molecule has 0 unspecified atom stereocenters. The van der Waals surface area contributed by atoms with E-state index in [9.17, 15) is 14.9 Å². The lowest BCUT2D eigenvalue weighted by Crippen LogP contribution is -2.33. The number of carbonyl (C=O) groups is 1. The Morgan fingerprint density at radius 2 is 1.84 bits per heavy atom. The quantitative estimate of drug-likeness (QED) is 0.327. The number of para-hydroxylation sites is 1. The zero-order chi connectivity index (χ0) is 25.8. The van der Waals surface area contributed by atoms with Crippen molar-refractivity contribution in [2.24, 2.45) is 0 Å². The monoisotopic (exact) mass is 571 g/mol. The molecule has 3 aromatic heterocycles. The van der Waals surface area contributed by atoms with E-state index in [1.165, 1.54) is 10.8 Å². The van der Waals surface area contributed by atoms with Crippen molar-refractivity contribution in [1.82, 2.24) is 9.88 Å². The van der Waals surface area contributed by atoms with E-state index in [2.05, 4.69) is 21.2 Å². The Morgan fingerprint density at radius 1 is 1.05 bits per heavy atom. The number of hydrogen-bond donors (Lipinski definition) is 1. The predicted molar refractivity (Wildman–Crippen MR) is 144 cm³/mol. The molecule has 5 aromatic rings. The van der Waals surface area contributed by atoms with Gasteiger partial charge in [-0.15, -0.1) is 11.3 Å². The maximum atomic E-state index is 13.5. The van der Waals surface area contributed by atoms with Crippen molar-refractivity contribution in [2.75, 3.05) is 0 Å². The fourth-order valence-electron chi connectivity index (χ4n) is 3.66. The third kappa shape index (κ3) is 5.26. The Hall–Kier alpha value is -4.39. The summed E-state index contributed by atoms with van der Waals surface area (Å²) in [5.74, 6) is 1.07. The number of amides is 1. The molecule has 7 nitrogen and oxygen atoms in total. The molecule has 0 fully saturated rings. The summed E-state index contributed by atoms with van der Waals surface area (Å²) in [5.41, 5.74) is 0.899. The number of nitrogens with one attached hydrogen (secondary N) is 1. The smallest absolute Gasteiger partial charge is 0.273 e. The van der Waals surface area contributed by atoms with Crippen LogP contribution in [0.5, 0.6) is 0 Å². The van der Waals surface area contributed by atoms with Gasteiger partial charge < -0.3 is 14.2 Å². The van der Waals surface area contributed by atoms with Gasteiger partial charge in [0, 0.05) is 16.1 Å². The molecule has 0 bridgehead atoms. The van der Waals surface area contributed by atoms with Gasteiger partial charge in [-0.2, -0.15) is 5.26 Å². The molecule has 0 aliphatic carbocycles. The van der Waals surface area contributed by atoms with Crippen LogP contribution in [0.2, 0.25) is 0 Å². The van der Waals surface area contributed by atoms with E-state index in [1.807, 2.05) is 42.5 Å². The molecule has 2 aromatic carbocycles. The van der Waals surface area contributed by atoms with E-state index in [0.717, 1.165) is 21.4 Å². The summed E-state index contributed by atoms with van der Waals surface area (Å²) in [5, 5.41) is 12.6. The third-order valence-electron chi connectivity index (χ3n) is 5.42. The first-order valence-corrected chi connectivity index (χ1v) is 12.7. The van der Waals surface area contributed by atoms with Crippen LogP contribution in [0.1, 0.15) is 11.5 Å². The van der Waals surface area contributed by atoms with Crippen molar-refractivity contribution in [1.29, 1.82) is 5.26 Å². The minimum absolute atomic E-state index is 0.113. The highest BCUT2D eigenvalue weighted by Gasteiger charge is 2.17. The summed E-state index contributed by atoms with van der Waals surface area (Å²) >= 11 is 4.47.